The van der Waals surface area contributed by atoms with Gasteiger partial charge >= 0.3 is 6.36 Å². The van der Waals surface area contributed by atoms with Crippen molar-refractivity contribution in [2.75, 3.05) is 18.0 Å². The standard InChI is InChI=1S/C25H22Cl3F3N2O3S/c26-17-5-8-19(9-6-17)33-15-16(4-11-24(33)22-10-7-18(27)12-23(22)28)14-32-37(34,35)21-3-1-2-20(13-21)36-25(29,30)31/h1-3,5-10,12-13,16,24,32H,4,11,14-15H2. The van der Waals surface area contributed by atoms with Crippen LogP contribution >= 0.6 is 34.8 Å². The summed E-state index contributed by atoms with van der Waals surface area (Å²) in [5.41, 5.74) is 1.80. The van der Waals surface area contributed by atoms with Crippen molar-refractivity contribution < 1.29 is 26.3 Å². The van der Waals surface area contributed by atoms with E-state index in [-0.39, 0.29) is 23.4 Å². The van der Waals surface area contributed by atoms with Crippen LogP contribution in [0.15, 0.2) is 71.6 Å². The highest BCUT2D eigenvalue weighted by Gasteiger charge is 2.33. The Labute approximate surface area is 228 Å². The molecule has 4 rings (SSSR count). The summed E-state index contributed by atoms with van der Waals surface area (Å²) in [6, 6.07) is 16.9. The second kappa shape index (κ2) is 11.3. The van der Waals surface area contributed by atoms with E-state index < -0.39 is 22.1 Å². The minimum atomic E-state index is -4.92. The highest BCUT2D eigenvalue weighted by molar-refractivity contribution is 7.89. The van der Waals surface area contributed by atoms with Crippen molar-refractivity contribution in [2.45, 2.75) is 30.1 Å². The predicted octanol–water partition coefficient (Wildman–Crippen LogP) is 7.48. The lowest BCUT2D eigenvalue weighted by Crippen LogP contribution is -2.42. The number of sulfonamides is 1. The molecule has 1 aliphatic heterocycles. The molecule has 0 saturated carbocycles. The molecular formula is C25H22Cl3F3N2O3S. The fourth-order valence-corrected chi connectivity index (χ4v) is 6.19. The average molecular weight is 594 g/mol. The minimum absolute atomic E-state index is 0.0741. The zero-order valence-corrected chi connectivity index (χ0v) is 22.3. The van der Waals surface area contributed by atoms with E-state index in [0.29, 0.717) is 34.5 Å². The summed E-state index contributed by atoms with van der Waals surface area (Å²) in [5.74, 6) is -0.688. The summed E-state index contributed by atoms with van der Waals surface area (Å²) < 4.78 is 69.7. The Balaban J connectivity index is 1.52. The molecular weight excluding hydrogens is 572 g/mol. The molecule has 37 heavy (non-hydrogen) atoms. The van der Waals surface area contributed by atoms with Crippen LogP contribution in [0.1, 0.15) is 24.4 Å². The average Bonchev–Trinajstić information content (AvgIpc) is 2.83. The summed E-state index contributed by atoms with van der Waals surface area (Å²) >= 11 is 18.7. The second-order valence-electron chi connectivity index (χ2n) is 8.63. The molecule has 198 valence electrons. The molecule has 5 nitrogen and oxygen atoms in total. The Morgan fingerprint density at radius 2 is 1.65 bits per heavy atom. The van der Waals surface area contributed by atoms with Gasteiger partial charge in [0.25, 0.3) is 0 Å². The monoisotopic (exact) mass is 592 g/mol. The van der Waals surface area contributed by atoms with E-state index >= 15 is 0 Å². The van der Waals surface area contributed by atoms with E-state index in [0.717, 1.165) is 23.4 Å². The first kappa shape index (κ1) is 27.9. The zero-order chi connectivity index (χ0) is 26.8. The Morgan fingerprint density at radius 3 is 2.32 bits per heavy atom. The van der Waals surface area contributed by atoms with E-state index in [9.17, 15) is 21.6 Å². The van der Waals surface area contributed by atoms with Crippen LogP contribution in [-0.2, 0) is 10.0 Å². The van der Waals surface area contributed by atoms with Crippen LogP contribution in [0.4, 0.5) is 18.9 Å². The molecule has 1 N–H and O–H groups in total. The number of nitrogens with one attached hydrogen (secondary N) is 1. The Bertz CT molecular complexity index is 1360. The molecule has 1 fully saturated rings. The van der Waals surface area contributed by atoms with Gasteiger partial charge < -0.3 is 9.64 Å². The Kier molecular flexibility index (Phi) is 8.50. The van der Waals surface area contributed by atoms with Crippen molar-refractivity contribution in [1.82, 2.24) is 4.72 Å². The van der Waals surface area contributed by atoms with Gasteiger partial charge in [0, 0.05) is 39.9 Å². The zero-order valence-electron chi connectivity index (χ0n) is 19.2. The first-order valence-electron chi connectivity index (χ1n) is 11.2. The number of anilines is 1. The first-order valence-corrected chi connectivity index (χ1v) is 13.9. The van der Waals surface area contributed by atoms with Gasteiger partial charge in [-0.25, -0.2) is 13.1 Å². The highest BCUT2D eigenvalue weighted by Crippen LogP contribution is 2.40. The van der Waals surface area contributed by atoms with Crippen LogP contribution in [0, 0.1) is 5.92 Å². The number of benzene rings is 3. The molecule has 12 heteroatoms. The van der Waals surface area contributed by atoms with Gasteiger partial charge in [-0.05, 0) is 72.9 Å². The summed E-state index contributed by atoms with van der Waals surface area (Å²) in [7, 11) is -4.07. The van der Waals surface area contributed by atoms with Crippen molar-refractivity contribution in [2.24, 2.45) is 5.92 Å². The first-order chi connectivity index (χ1) is 17.4. The van der Waals surface area contributed by atoms with E-state index in [2.05, 4.69) is 14.4 Å². The number of piperidine rings is 1. The third-order valence-electron chi connectivity index (χ3n) is 6.07. The van der Waals surface area contributed by atoms with E-state index in [4.69, 9.17) is 34.8 Å². The van der Waals surface area contributed by atoms with Crippen LogP contribution in [0.5, 0.6) is 5.75 Å². The van der Waals surface area contributed by atoms with Gasteiger partial charge in [0.2, 0.25) is 10.0 Å². The summed E-state index contributed by atoms with van der Waals surface area (Å²) in [4.78, 5) is 1.83. The van der Waals surface area contributed by atoms with Crippen molar-refractivity contribution >= 4 is 50.5 Å². The van der Waals surface area contributed by atoms with Gasteiger partial charge in [0.15, 0.2) is 0 Å². The van der Waals surface area contributed by atoms with Gasteiger partial charge in [0.05, 0.1) is 10.9 Å². The second-order valence-corrected chi connectivity index (χ2v) is 11.7. The van der Waals surface area contributed by atoms with Gasteiger partial charge in [-0.1, -0.05) is 46.9 Å². The lowest BCUT2D eigenvalue weighted by molar-refractivity contribution is -0.274. The molecule has 3 aromatic carbocycles. The molecule has 0 aromatic heterocycles. The maximum Gasteiger partial charge on any atom is 0.573 e. The quantitative estimate of drug-likeness (QED) is 0.309. The molecule has 0 aliphatic carbocycles. The number of hydrogen-bond acceptors (Lipinski definition) is 4. The van der Waals surface area contributed by atoms with E-state index in [1.807, 2.05) is 18.2 Å². The normalized spacial score (nSPS) is 18.6. The topological polar surface area (TPSA) is 58.6 Å². The Morgan fingerprint density at radius 1 is 0.946 bits per heavy atom. The van der Waals surface area contributed by atoms with Crippen LogP contribution < -0.4 is 14.4 Å². The van der Waals surface area contributed by atoms with Crippen molar-refractivity contribution in [3.63, 3.8) is 0 Å². The SMILES string of the molecule is O=S(=O)(NCC1CCC(c2ccc(Cl)cc2Cl)N(c2ccc(Cl)cc2)C1)c1cccc(OC(F)(F)F)c1. The van der Waals surface area contributed by atoms with Crippen LogP contribution in [0.25, 0.3) is 0 Å². The minimum Gasteiger partial charge on any atom is -0.406 e. The number of halogens is 6. The van der Waals surface area contributed by atoms with E-state index in [1.165, 1.54) is 12.1 Å². The molecule has 0 spiro atoms. The molecule has 1 aliphatic rings. The molecule has 2 atom stereocenters. The predicted molar refractivity (Wildman–Crippen MR) is 139 cm³/mol. The number of alkyl halides is 3. The third kappa shape index (κ3) is 7.23. The molecule has 1 saturated heterocycles. The van der Waals surface area contributed by atoms with Gasteiger partial charge in [-0.3, -0.25) is 0 Å². The fourth-order valence-electron chi connectivity index (χ4n) is 4.38. The van der Waals surface area contributed by atoms with Crippen molar-refractivity contribution in [3.05, 3.63) is 87.4 Å². The number of hydrogen-bond donors (Lipinski definition) is 1. The summed E-state index contributed by atoms with van der Waals surface area (Å²) in [6.07, 6.45) is -3.55. The lowest BCUT2D eigenvalue weighted by Gasteiger charge is -2.42. The molecule has 0 amide bonds. The maximum atomic E-state index is 12.8. The maximum absolute atomic E-state index is 12.8. The molecule has 0 radical (unpaired) electrons. The van der Waals surface area contributed by atoms with Crippen molar-refractivity contribution in [1.29, 1.82) is 0 Å². The number of nitrogens with zero attached hydrogens (tertiary/aromatic N) is 1. The fraction of sp³-hybridized carbons (Fsp3) is 0.280. The van der Waals surface area contributed by atoms with Crippen molar-refractivity contribution in [3.8, 4) is 5.75 Å². The number of rotatable bonds is 7. The Hall–Kier alpha value is -2.17. The number of ether oxygens (including phenoxy) is 1. The smallest absolute Gasteiger partial charge is 0.406 e. The van der Waals surface area contributed by atoms with Crippen LogP contribution in [0.3, 0.4) is 0 Å². The molecule has 3 aromatic rings. The molecule has 2 unspecified atom stereocenters. The summed E-state index contributed by atoms with van der Waals surface area (Å²) in [6.45, 7) is 0.600. The van der Waals surface area contributed by atoms with Gasteiger partial charge in [-0.2, -0.15) is 0 Å². The van der Waals surface area contributed by atoms with Gasteiger partial charge in [0.1, 0.15) is 5.75 Å². The third-order valence-corrected chi connectivity index (χ3v) is 8.31. The van der Waals surface area contributed by atoms with Crippen LogP contribution in [0.2, 0.25) is 15.1 Å². The van der Waals surface area contributed by atoms with Crippen LogP contribution in [-0.4, -0.2) is 27.9 Å². The summed E-state index contributed by atoms with van der Waals surface area (Å²) in [5, 5.41) is 1.65. The van der Waals surface area contributed by atoms with E-state index in [1.54, 1.807) is 24.3 Å². The largest absolute Gasteiger partial charge is 0.573 e. The molecule has 0 bridgehead atoms. The lowest BCUT2D eigenvalue weighted by atomic mass is 9.88. The highest BCUT2D eigenvalue weighted by atomic mass is 35.5. The van der Waals surface area contributed by atoms with Gasteiger partial charge in [-0.15, -0.1) is 13.2 Å². The molecule has 1 heterocycles.